The molecule has 1 aromatic rings. The molecular formula is C12H14F3NO2. The maximum Gasteiger partial charge on any atom is 0.471 e. The molecule has 3 nitrogen and oxygen atoms in total. The summed E-state index contributed by atoms with van der Waals surface area (Å²) in [5, 5.41) is 0. The predicted molar refractivity (Wildman–Crippen MR) is 57.8 cm³/mol. The fraction of sp³-hybridized carbons (Fsp3) is 0.583. The third-order valence-electron chi connectivity index (χ3n) is 3.14. The molecule has 1 aromatic heterocycles. The molecule has 100 valence electrons. The monoisotopic (exact) mass is 261 g/mol. The molecule has 0 aromatic carbocycles. The average molecular weight is 261 g/mol. The van der Waals surface area contributed by atoms with E-state index in [0.29, 0.717) is 22.5 Å². The Balaban J connectivity index is 1.97. The van der Waals surface area contributed by atoms with Crippen LogP contribution in [0.3, 0.4) is 0 Å². The molecule has 2 rings (SSSR count). The van der Waals surface area contributed by atoms with Crippen molar-refractivity contribution >= 4 is 5.91 Å². The summed E-state index contributed by atoms with van der Waals surface area (Å²) in [6.07, 6.45) is -3.79. The highest BCUT2D eigenvalue weighted by Crippen LogP contribution is 2.47. The van der Waals surface area contributed by atoms with Crippen LogP contribution in [0, 0.1) is 5.92 Å². The van der Waals surface area contributed by atoms with Gasteiger partial charge in [-0.25, -0.2) is 0 Å². The van der Waals surface area contributed by atoms with Crippen LogP contribution < -0.4 is 0 Å². The Bertz CT molecular complexity index is 452. The minimum Gasteiger partial charge on any atom is -0.464 e. The minimum atomic E-state index is -4.84. The van der Waals surface area contributed by atoms with Gasteiger partial charge in [-0.2, -0.15) is 13.2 Å². The second-order valence-electron chi connectivity index (χ2n) is 4.78. The number of amides is 1. The molecule has 0 bridgehead atoms. The fourth-order valence-electron chi connectivity index (χ4n) is 1.92. The highest BCUT2D eigenvalue weighted by molar-refractivity contribution is 5.81. The summed E-state index contributed by atoms with van der Waals surface area (Å²) in [6.45, 7) is 1.92. The molecule has 2 unspecified atom stereocenters. The van der Waals surface area contributed by atoms with Crippen LogP contribution in [0.15, 0.2) is 16.5 Å². The predicted octanol–water partition coefficient (Wildman–Crippen LogP) is 2.92. The first-order chi connectivity index (χ1) is 8.29. The Morgan fingerprint density at radius 1 is 1.50 bits per heavy atom. The molecule has 1 heterocycles. The van der Waals surface area contributed by atoms with Crippen molar-refractivity contribution in [3.05, 3.63) is 23.7 Å². The summed E-state index contributed by atoms with van der Waals surface area (Å²) in [5.41, 5.74) is 0. The second-order valence-corrected chi connectivity index (χ2v) is 4.78. The van der Waals surface area contributed by atoms with Crippen LogP contribution in [-0.2, 0) is 11.3 Å². The van der Waals surface area contributed by atoms with Gasteiger partial charge in [-0.3, -0.25) is 4.79 Å². The van der Waals surface area contributed by atoms with E-state index in [-0.39, 0.29) is 6.54 Å². The van der Waals surface area contributed by atoms with Gasteiger partial charge in [0.1, 0.15) is 11.5 Å². The molecule has 2 atom stereocenters. The van der Waals surface area contributed by atoms with Gasteiger partial charge in [0.15, 0.2) is 0 Å². The normalized spacial score (nSPS) is 22.9. The summed E-state index contributed by atoms with van der Waals surface area (Å²) >= 11 is 0. The van der Waals surface area contributed by atoms with Gasteiger partial charge in [-0.15, -0.1) is 0 Å². The van der Waals surface area contributed by atoms with Crippen molar-refractivity contribution in [3.8, 4) is 0 Å². The van der Waals surface area contributed by atoms with Gasteiger partial charge in [-0.05, 0) is 24.5 Å². The Labute approximate surface area is 103 Å². The Kier molecular flexibility index (Phi) is 3.12. The third-order valence-corrected chi connectivity index (χ3v) is 3.14. The molecule has 0 spiro atoms. The van der Waals surface area contributed by atoms with E-state index in [1.54, 1.807) is 12.1 Å². The van der Waals surface area contributed by atoms with Crippen LogP contribution >= 0.6 is 0 Å². The summed E-state index contributed by atoms with van der Waals surface area (Å²) in [4.78, 5) is 11.5. The fourth-order valence-corrected chi connectivity index (χ4v) is 1.92. The van der Waals surface area contributed by atoms with Crippen molar-refractivity contribution < 1.29 is 22.4 Å². The third kappa shape index (κ3) is 2.68. The van der Waals surface area contributed by atoms with E-state index in [2.05, 4.69) is 6.92 Å². The van der Waals surface area contributed by atoms with Gasteiger partial charge in [-0.1, -0.05) is 6.92 Å². The Morgan fingerprint density at radius 3 is 2.61 bits per heavy atom. The van der Waals surface area contributed by atoms with E-state index in [0.717, 1.165) is 19.2 Å². The van der Waals surface area contributed by atoms with Crippen LogP contribution in [0.2, 0.25) is 0 Å². The van der Waals surface area contributed by atoms with E-state index in [9.17, 15) is 18.0 Å². The molecule has 1 amide bonds. The lowest BCUT2D eigenvalue weighted by molar-refractivity contribution is -0.184. The van der Waals surface area contributed by atoms with Gasteiger partial charge in [0, 0.05) is 13.0 Å². The topological polar surface area (TPSA) is 33.5 Å². The minimum absolute atomic E-state index is 0.167. The molecule has 0 radical (unpaired) electrons. The maximum absolute atomic E-state index is 12.2. The van der Waals surface area contributed by atoms with Crippen molar-refractivity contribution in [1.82, 2.24) is 4.90 Å². The molecule has 6 heteroatoms. The van der Waals surface area contributed by atoms with Gasteiger partial charge in [0.05, 0.1) is 6.54 Å². The molecule has 1 aliphatic carbocycles. The summed E-state index contributed by atoms with van der Waals surface area (Å²) < 4.78 is 42.0. The lowest BCUT2D eigenvalue weighted by atomic mass is 10.3. The highest BCUT2D eigenvalue weighted by Gasteiger charge is 2.41. The number of carbonyl (C=O) groups excluding carboxylic acids is 1. The van der Waals surface area contributed by atoms with Crippen LogP contribution in [0.5, 0.6) is 0 Å². The first-order valence-corrected chi connectivity index (χ1v) is 5.70. The molecule has 1 fully saturated rings. The van der Waals surface area contributed by atoms with E-state index in [1.807, 2.05) is 0 Å². The van der Waals surface area contributed by atoms with E-state index >= 15 is 0 Å². The lowest BCUT2D eigenvalue weighted by Gasteiger charge is -2.17. The molecular weight excluding hydrogens is 247 g/mol. The molecule has 0 saturated heterocycles. The molecule has 1 saturated carbocycles. The molecule has 18 heavy (non-hydrogen) atoms. The number of halogens is 3. The molecule has 1 aliphatic rings. The highest BCUT2D eigenvalue weighted by atomic mass is 19.4. The zero-order valence-electron chi connectivity index (χ0n) is 10.1. The van der Waals surface area contributed by atoms with Crippen molar-refractivity contribution in [1.29, 1.82) is 0 Å². The zero-order valence-corrected chi connectivity index (χ0v) is 10.1. The SMILES string of the molecule is CC1CC1c1ccc(CN(C)C(=O)C(F)(F)F)o1. The summed E-state index contributed by atoms with van der Waals surface area (Å²) in [7, 11) is 1.11. The van der Waals surface area contributed by atoms with Gasteiger partial charge in [0.2, 0.25) is 0 Å². The van der Waals surface area contributed by atoms with Crippen LogP contribution in [0.25, 0.3) is 0 Å². The number of nitrogens with zero attached hydrogens (tertiary/aromatic N) is 1. The van der Waals surface area contributed by atoms with Gasteiger partial charge in [0.25, 0.3) is 0 Å². The largest absolute Gasteiger partial charge is 0.471 e. The number of furan rings is 1. The Morgan fingerprint density at radius 2 is 2.11 bits per heavy atom. The van der Waals surface area contributed by atoms with Gasteiger partial charge >= 0.3 is 12.1 Å². The molecule has 0 N–H and O–H groups in total. The second kappa shape index (κ2) is 4.33. The first-order valence-electron chi connectivity index (χ1n) is 5.70. The van der Waals surface area contributed by atoms with Crippen LogP contribution in [0.4, 0.5) is 13.2 Å². The standard InChI is InChI=1S/C12H14F3NO2/c1-7-5-9(7)10-4-3-8(18-10)6-16(2)11(17)12(13,14)15/h3-4,7,9H,5-6H2,1-2H3. The molecule has 0 aliphatic heterocycles. The van der Waals surface area contributed by atoms with Crippen molar-refractivity contribution in [2.24, 2.45) is 5.92 Å². The number of carbonyl (C=O) groups is 1. The van der Waals surface area contributed by atoms with Crippen molar-refractivity contribution in [3.63, 3.8) is 0 Å². The number of rotatable bonds is 3. The Hall–Kier alpha value is -1.46. The van der Waals surface area contributed by atoms with Gasteiger partial charge < -0.3 is 9.32 Å². The zero-order chi connectivity index (χ0) is 13.5. The van der Waals surface area contributed by atoms with E-state index in [1.165, 1.54) is 0 Å². The van der Waals surface area contributed by atoms with Crippen LogP contribution in [0.1, 0.15) is 30.8 Å². The number of alkyl halides is 3. The van der Waals surface area contributed by atoms with Crippen LogP contribution in [-0.4, -0.2) is 24.0 Å². The smallest absolute Gasteiger partial charge is 0.464 e. The number of hydrogen-bond donors (Lipinski definition) is 0. The quantitative estimate of drug-likeness (QED) is 0.838. The lowest BCUT2D eigenvalue weighted by Crippen LogP contribution is -2.37. The average Bonchev–Trinajstić information content (AvgIpc) is 2.81. The summed E-state index contributed by atoms with van der Waals surface area (Å²) in [6, 6.07) is 3.40. The summed E-state index contributed by atoms with van der Waals surface area (Å²) in [5.74, 6) is 0.260. The van der Waals surface area contributed by atoms with E-state index < -0.39 is 12.1 Å². The maximum atomic E-state index is 12.2. The van der Waals surface area contributed by atoms with Crippen molar-refractivity contribution in [2.75, 3.05) is 7.05 Å². The van der Waals surface area contributed by atoms with E-state index in [4.69, 9.17) is 4.42 Å². The first kappa shape index (κ1) is 13.0. The number of hydrogen-bond acceptors (Lipinski definition) is 2. The van der Waals surface area contributed by atoms with Crippen molar-refractivity contribution in [2.45, 2.75) is 32.0 Å².